The first-order chi connectivity index (χ1) is 23.5. The number of phenolic OH excluding ortho intramolecular Hbond substituents is 3. The molecule has 0 aliphatic carbocycles. The van der Waals surface area contributed by atoms with Crippen molar-refractivity contribution in [3.05, 3.63) is 162 Å². The molecule has 0 aliphatic heterocycles. The number of aryl methyl sites for hydroxylation is 2. The van der Waals surface area contributed by atoms with Gasteiger partial charge in [-0.25, -0.2) is 0 Å². The zero-order valence-corrected chi connectivity index (χ0v) is 30.3. The second kappa shape index (κ2) is 30.1. The number of rotatable bonds is 9. The number of nitrogens with zero attached hydrogens (tertiary/aromatic N) is 1. The van der Waals surface area contributed by atoms with Gasteiger partial charge in [0, 0.05) is 33.7 Å². The van der Waals surface area contributed by atoms with Crippen molar-refractivity contribution < 1.29 is 69.5 Å². The van der Waals surface area contributed by atoms with Crippen molar-refractivity contribution in [2.75, 3.05) is 7.11 Å². The number of furan rings is 3. The first-order valence-electron chi connectivity index (χ1n) is 15.0. The van der Waals surface area contributed by atoms with Gasteiger partial charge in [-0.1, -0.05) is 49.9 Å². The smallest absolute Gasteiger partial charge is 1.00 e. The Morgan fingerprint density at radius 2 is 1.12 bits per heavy atom. The number of carbonyl (C=O) groups is 1. The van der Waals surface area contributed by atoms with Crippen molar-refractivity contribution in [2.45, 2.75) is 39.8 Å². The Balaban J connectivity index is -0.000000612. The first-order valence-corrected chi connectivity index (χ1v) is 15.0. The molecule has 0 atom stereocenters. The van der Waals surface area contributed by atoms with Crippen molar-refractivity contribution in [3.8, 4) is 17.2 Å². The molecule has 3 aromatic carbocycles. The fraction of sp³-hybridized carbons (Fsp3) is 0.179. The molecule has 12 heteroatoms. The number of aliphatic hydroxyl groups is 1. The Morgan fingerprint density at radius 1 is 0.647 bits per heavy atom. The van der Waals surface area contributed by atoms with E-state index in [4.69, 9.17) is 29.2 Å². The van der Waals surface area contributed by atoms with Gasteiger partial charge in [0.1, 0.15) is 34.5 Å². The summed E-state index contributed by atoms with van der Waals surface area (Å²) >= 11 is 0. The van der Waals surface area contributed by atoms with E-state index in [1.807, 2.05) is 60.7 Å². The second-order valence-electron chi connectivity index (χ2n) is 9.63. The van der Waals surface area contributed by atoms with E-state index in [1.165, 1.54) is 6.07 Å². The van der Waals surface area contributed by atoms with Gasteiger partial charge in [0.15, 0.2) is 6.29 Å². The Kier molecular flexibility index (Phi) is 28.5. The Hall–Kier alpha value is -4.78. The third-order valence-electron chi connectivity index (χ3n) is 6.28. The predicted molar refractivity (Wildman–Crippen MR) is 199 cm³/mol. The maximum absolute atomic E-state index is 10.1. The third kappa shape index (κ3) is 19.9. The standard InChI is InChI=1S/C13H14O2.C12H11NO2.C7H6O2.C5H7NO.CH4O.CH4.B.Na.H/c14-13-9-2-1-5-11(13)6-3-7-12-8-4-10-15-12;14-12-6-2-1-4-10(12)8-13-9-11-5-3-7-15-11;8-5-6-3-1-2-4-7(6)9;6-4-5-2-1-3-7-5;1-2;;;;/h1-2,4-5,8-10,14H,3,6-7H2;1-8,14H,9H2;1-5,9H;1-3H,4,6H2;2H,1H3;1H4;;;/q;;;;;;;+1;-1. The molecule has 3 heterocycles. The van der Waals surface area contributed by atoms with Gasteiger partial charge in [-0.2, -0.15) is 0 Å². The molecule has 6 rings (SSSR count). The zero-order valence-electron chi connectivity index (χ0n) is 29.3. The van der Waals surface area contributed by atoms with Crippen molar-refractivity contribution in [1.82, 2.24) is 0 Å². The van der Waals surface area contributed by atoms with E-state index in [-0.39, 0.29) is 58.3 Å². The molecule has 6 aromatic rings. The Morgan fingerprint density at radius 3 is 1.55 bits per heavy atom. The molecule has 3 aromatic heterocycles. The third-order valence-corrected chi connectivity index (χ3v) is 6.28. The predicted octanol–water partition coefficient (Wildman–Crippen LogP) is 4.69. The van der Waals surface area contributed by atoms with Crippen LogP contribution in [0.2, 0.25) is 0 Å². The first kappa shape index (κ1) is 48.3. The summed E-state index contributed by atoms with van der Waals surface area (Å²) in [6.45, 7) is 0.980. The van der Waals surface area contributed by atoms with Gasteiger partial charge in [0.25, 0.3) is 0 Å². The van der Waals surface area contributed by atoms with Crippen LogP contribution >= 0.6 is 0 Å². The summed E-state index contributed by atoms with van der Waals surface area (Å²) in [7, 11) is 1.00. The number of para-hydroxylation sites is 3. The summed E-state index contributed by atoms with van der Waals surface area (Å²) in [5.74, 6) is 3.30. The average Bonchev–Trinajstić information content (AvgIpc) is 3.94. The molecule has 10 nitrogen and oxygen atoms in total. The minimum atomic E-state index is 0. The number of carbonyl (C=O) groups excluding carboxylic acids is 1. The fourth-order valence-corrected chi connectivity index (χ4v) is 3.88. The van der Waals surface area contributed by atoms with E-state index in [2.05, 4.69) is 4.99 Å². The molecule has 3 radical (unpaired) electrons. The van der Waals surface area contributed by atoms with Crippen molar-refractivity contribution in [2.24, 2.45) is 10.7 Å². The van der Waals surface area contributed by atoms with Gasteiger partial charge in [0.05, 0.1) is 37.4 Å². The summed E-state index contributed by atoms with van der Waals surface area (Å²) in [6, 6.07) is 32.2. The molecule has 0 spiro atoms. The molecule has 0 saturated carbocycles. The number of aromatic hydroxyl groups is 3. The minimum absolute atomic E-state index is 0. The summed E-state index contributed by atoms with van der Waals surface area (Å²) in [6.07, 6.45) is 9.97. The quantitative estimate of drug-likeness (QED) is 0.0812. The number of benzene rings is 3. The number of nitrogens with two attached hydrogens (primary N) is 1. The largest absolute Gasteiger partial charge is 1.00 e. The number of aliphatic imine (C=N–C) groups is 1. The molecule has 0 saturated heterocycles. The van der Waals surface area contributed by atoms with Crippen LogP contribution in [0.15, 0.2) is 146 Å². The maximum Gasteiger partial charge on any atom is 1.00 e. The van der Waals surface area contributed by atoms with Crippen LogP contribution in [-0.4, -0.2) is 48.4 Å². The maximum atomic E-state index is 10.1. The van der Waals surface area contributed by atoms with Gasteiger partial charge in [-0.15, -0.1) is 0 Å². The van der Waals surface area contributed by atoms with E-state index < -0.39 is 0 Å². The number of phenols is 3. The van der Waals surface area contributed by atoms with E-state index >= 15 is 0 Å². The average molecular weight is 706 g/mol. The molecule has 265 valence electrons. The van der Waals surface area contributed by atoms with Crippen molar-refractivity contribution >= 4 is 20.9 Å². The van der Waals surface area contributed by atoms with Crippen LogP contribution in [0.1, 0.15) is 54.0 Å². The van der Waals surface area contributed by atoms with Crippen molar-refractivity contribution in [3.63, 3.8) is 0 Å². The molecular weight excluding hydrogens is 658 g/mol. The second-order valence-corrected chi connectivity index (χ2v) is 9.63. The van der Waals surface area contributed by atoms with Crippen LogP contribution in [-0.2, 0) is 25.9 Å². The van der Waals surface area contributed by atoms with Gasteiger partial charge in [-0.3, -0.25) is 9.79 Å². The fourth-order valence-electron chi connectivity index (χ4n) is 3.88. The van der Waals surface area contributed by atoms with Gasteiger partial charge >= 0.3 is 29.6 Å². The molecule has 0 unspecified atom stereocenters. The molecule has 0 aliphatic rings. The summed E-state index contributed by atoms with van der Waals surface area (Å²) in [5, 5.41) is 34.9. The zero-order chi connectivity index (χ0) is 34.8. The Bertz CT molecular complexity index is 1700. The van der Waals surface area contributed by atoms with Crippen LogP contribution in [0.4, 0.5) is 0 Å². The molecular formula is C39H47BN2NaO8. The van der Waals surface area contributed by atoms with Crippen LogP contribution in [0.3, 0.4) is 0 Å². The van der Waals surface area contributed by atoms with E-state index in [1.54, 1.807) is 67.5 Å². The van der Waals surface area contributed by atoms with Crippen LogP contribution in [0.5, 0.6) is 17.2 Å². The number of aliphatic hydroxyl groups excluding tert-OH is 1. The monoisotopic (exact) mass is 705 g/mol. The van der Waals surface area contributed by atoms with Crippen LogP contribution in [0, 0.1) is 0 Å². The van der Waals surface area contributed by atoms with Crippen LogP contribution < -0.4 is 35.3 Å². The van der Waals surface area contributed by atoms with Crippen molar-refractivity contribution in [1.29, 1.82) is 0 Å². The van der Waals surface area contributed by atoms with Gasteiger partial charge in [-0.05, 0) is 85.1 Å². The number of hydrogen-bond donors (Lipinski definition) is 5. The van der Waals surface area contributed by atoms with Gasteiger partial charge in [0.2, 0.25) is 0 Å². The summed E-state index contributed by atoms with van der Waals surface area (Å²) < 4.78 is 15.2. The van der Waals surface area contributed by atoms with Crippen LogP contribution in [0.25, 0.3) is 0 Å². The minimum Gasteiger partial charge on any atom is -1.00 e. The molecule has 51 heavy (non-hydrogen) atoms. The Labute approximate surface area is 325 Å². The topological polar surface area (TPSA) is 176 Å². The number of aldehydes is 1. The number of hydrogen-bond acceptors (Lipinski definition) is 10. The van der Waals surface area contributed by atoms with E-state index in [0.29, 0.717) is 36.3 Å². The normalized spacial score (nSPS) is 9.24. The summed E-state index contributed by atoms with van der Waals surface area (Å²) in [4.78, 5) is 14.2. The molecule has 0 amide bonds. The molecule has 0 fully saturated rings. The molecule has 6 N–H and O–H groups in total. The van der Waals surface area contributed by atoms with E-state index in [9.17, 15) is 15.0 Å². The summed E-state index contributed by atoms with van der Waals surface area (Å²) in [5.41, 5.74) is 7.25. The van der Waals surface area contributed by atoms with Gasteiger partial charge < -0.3 is 40.8 Å². The van der Waals surface area contributed by atoms with E-state index in [0.717, 1.165) is 49.2 Å². The molecule has 0 bridgehead atoms. The SMILES string of the molecule is C.CO.NCc1ccco1.O=Cc1ccccc1O.Oc1ccccc1C=NCc1ccco1.Oc1ccccc1CCCc1ccco1.[B].[H-].[Na+].